The van der Waals surface area contributed by atoms with E-state index in [1.165, 1.54) is 0 Å². The molecule has 6 nitrogen and oxygen atoms in total. The van der Waals surface area contributed by atoms with Crippen molar-refractivity contribution >= 4 is 20.5 Å². The van der Waals surface area contributed by atoms with Gasteiger partial charge in [-0.15, -0.1) is 0 Å². The normalized spacial score (nSPS) is 13.8. The Balaban J connectivity index is 2.75. The van der Waals surface area contributed by atoms with Crippen molar-refractivity contribution in [3.05, 3.63) is 35.9 Å². The van der Waals surface area contributed by atoms with E-state index in [0.29, 0.717) is 12.8 Å². The van der Waals surface area contributed by atoms with Crippen molar-refractivity contribution in [2.24, 2.45) is 5.92 Å². The number of carboxylic acids is 1. The SMILES string of the molecule is CC(C)CC(NC(=O)C(Cc1ccccc1)NP=O)C(=O)O. The molecule has 0 saturated heterocycles. The Bertz CT molecular complexity index is 508. The molecular weight excluding hydrogens is 303 g/mol. The lowest BCUT2D eigenvalue weighted by atomic mass is 10.0. The van der Waals surface area contributed by atoms with Gasteiger partial charge in [0.05, 0.1) is 0 Å². The van der Waals surface area contributed by atoms with Gasteiger partial charge in [-0.05, 0) is 24.3 Å². The average Bonchev–Trinajstić information content (AvgIpc) is 2.46. The molecule has 0 heterocycles. The summed E-state index contributed by atoms with van der Waals surface area (Å²) in [5.41, 5.74) is 0.898. The highest BCUT2D eigenvalue weighted by atomic mass is 31.1. The van der Waals surface area contributed by atoms with E-state index in [-0.39, 0.29) is 14.5 Å². The zero-order valence-electron chi connectivity index (χ0n) is 12.7. The van der Waals surface area contributed by atoms with E-state index in [4.69, 9.17) is 0 Å². The number of hydrogen-bond acceptors (Lipinski definition) is 3. The highest BCUT2D eigenvalue weighted by Crippen LogP contribution is 2.08. The monoisotopic (exact) mass is 324 g/mol. The fourth-order valence-electron chi connectivity index (χ4n) is 2.08. The molecule has 1 amide bonds. The molecule has 1 rings (SSSR count). The lowest BCUT2D eigenvalue weighted by molar-refractivity contribution is -0.142. The molecule has 0 bridgehead atoms. The molecule has 120 valence electrons. The second-order valence-corrected chi connectivity index (χ2v) is 5.93. The Morgan fingerprint density at radius 1 is 1.18 bits per heavy atom. The summed E-state index contributed by atoms with van der Waals surface area (Å²) < 4.78 is 10.8. The first-order valence-electron chi connectivity index (χ1n) is 7.09. The van der Waals surface area contributed by atoms with Crippen LogP contribution >= 0.6 is 8.61 Å². The van der Waals surface area contributed by atoms with Gasteiger partial charge < -0.3 is 10.4 Å². The molecule has 0 fully saturated rings. The molecule has 0 spiro atoms. The van der Waals surface area contributed by atoms with Crippen LogP contribution in [0.5, 0.6) is 0 Å². The van der Waals surface area contributed by atoms with Crippen LogP contribution < -0.4 is 10.4 Å². The Morgan fingerprint density at radius 2 is 1.82 bits per heavy atom. The maximum Gasteiger partial charge on any atom is 0.326 e. The van der Waals surface area contributed by atoms with Crippen molar-refractivity contribution in [2.45, 2.75) is 38.8 Å². The third-order valence-corrected chi connectivity index (χ3v) is 3.55. The molecule has 22 heavy (non-hydrogen) atoms. The van der Waals surface area contributed by atoms with Gasteiger partial charge in [-0.3, -0.25) is 9.36 Å². The number of carbonyl (C=O) groups excluding carboxylic acids is 1. The lowest BCUT2D eigenvalue weighted by Gasteiger charge is -2.20. The van der Waals surface area contributed by atoms with Gasteiger partial charge in [-0.2, -0.15) is 0 Å². The number of aliphatic carboxylic acids is 1. The van der Waals surface area contributed by atoms with Crippen molar-refractivity contribution in [3.8, 4) is 0 Å². The number of nitrogens with one attached hydrogen (secondary N) is 2. The van der Waals surface area contributed by atoms with E-state index in [1.807, 2.05) is 44.2 Å². The van der Waals surface area contributed by atoms with E-state index >= 15 is 0 Å². The standard InChI is InChI=1S/C15H21N2O4P/c1-10(2)8-13(15(19)20)16-14(18)12(17-22-21)9-11-6-4-3-5-7-11/h3-7,10,12-13H,8-9H2,1-2H3,(H,16,18)(H,17,21)(H,19,20). The second-order valence-electron chi connectivity index (χ2n) is 5.49. The predicted molar refractivity (Wildman–Crippen MR) is 83.7 cm³/mol. The van der Waals surface area contributed by atoms with E-state index < -0.39 is 24.0 Å². The fraction of sp³-hybridized carbons (Fsp3) is 0.467. The Labute approximate surface area is 131 Å². The minimum Gasteiger partial charge on any atom is -0.480 e. The first kappa shape index (κ1) is 18.3. The van der Waals surface area contributed by atoms with Gasteiger partial charge in [0.1, 0.15) is 12.1 Å². The fourth-order valence-corrected chi connectivity index (χ4v) is 2.41. The van der Waals surface area contributed by atoms with Gasteiger partial charge in [0, 0.05) is 0 Å². The molecule has 0 aliphatic carbocycles. The number of amides is 1. The molecule has 2 atom stereocenters. The van der Waals surface area contributed by atoms with Crippen molar-refractivity contribution < 1.29 is 19.3 Å². The molecule has 0 aromatic heterocycles. The molecule has 0 radical (unpaired) electrons. The van der Waals surface area contributed by atoms with Crippen molar-refractivity contribution in [1.29, 1.82) is 0 Å². The van der Waals surface area contributed by atoms with Crippen LogP contribution in [0.3, 0.4) is 0 Å². The molecule has 0 saturated carbocycles. The molecule has 3 N–H and O–H groups in total. The van der Waals surface area contributed by atoms with Crippen molar-refractivity contribution in [3.63, 3.8) is 0 Å². The maximum atomic E-state index is 12.3. The van der Waals surface area contributed by atoms with Crippen LogP contribution in [0.15, 0.2) is 30.3 Å². The minimum absolute atomic E-state index is 0.138. The van der Waals surface area contributed by atoms with Crippen molar-refractivity contribution in [1.82, 2.24) is 10.4 Å². The number of benzene rings is 1. The first-order chi connectivity index (χ1) is 10.4. The summed E-state index contributed by atoms with van der Waals surface area (Å²) in [7, 11) is -0.370. The first-order valence-corrected chi connectivity index (χ1v) is 7.90. The van der Waals surface area contributed by atoms with Gasteiger partial charge in [0.25, 0.3) is 0 Å². The van der Waals surface area contributed by atoms with Crippen LogP contribution in [0, 0.1) is 5.92 Å². The number of carbonyl (C=O) groups is 2. The lowest BCUT2D eigenvalue weighted by Crippen LogP contribution is -2.49. The summed E-state index contributed by atoms with van der Waals surface area (Å²) in [6, 6.07) is 7.56. The minimum atomic E-state index is -1.07. The second kappa shape index (κ2) is 9.28. The van der Waals surface area contributed by atoms with Crippen LogP contribution in [0.25, 0.3) is 0 Å². The van der Waals surface area contributed by atoms with Crippen LogP contribution in [0.4, 0.5) is 0 Å². The summed E-state index contributed by atoms with van der Waals surface area (Å²) in [5, 5.41) is 14.2. The van der Waals surface area contributed by atoms with Crippen LogP contribution in [0.1, 0.15) is 25.8 Å². The van der Waals surface area contributed by atoms with Gasteiger partial charge in [-0.25, -0.2) is 9.88 Å². The zero-order valence-corrected chi connectivity index (χ0v) is 13.5. The highest BCUT2D eigenvalue weighted by molar-refractivity contribution is 7.21. The summed E-state index contributed by atoms with van der Waals surface area (Å²) in [6.45, 7) is 3.77. The number of carboxylic acid groups (broad SMARTS) is 1. The number of rotatable bonds is 9. The van der Waals surface area contributed by atoms with E-state index in [0.717, 1.165) is 5.56 Å². The van der Waals surface area contributed by atoms with Gasteiger partial charge in [0.2, 0.25) is 14.5 Å². The van der Waals surface area contributed by atoms with Gasteiger partial charge in [0.15, 0.2) is 0 Å². The van der Waals surface area contributed by atoms with Crippen LogP contribution in [-0.4, -0.2) is 29.1 Å². The summed E-state index contributed by atoms with van der Waals surface area (Å²) in [6.07, 6.45) is 0.671. The summed E-state index contributed by atoms with van der Waals surface area (Å²) in [4.78, 5) is 23.5. The zero-order chi connectivity index (χ0) is 16.5. The molecule has 0 aliphatic heterocycles. The Hall–Kier alpha value is -1.78. The number of hydrogen-bond donors (Lipinski definition) is 3. The summed E-state index contributed by atoms with van der Waals surface area (Å²) >= 11 is 0. The highest BCUT2D eigenvalue weighted by Gasteiger charge is 2.26. The third kappa shape index (κ3) is 6.33. The average molecular weight is 324 g/mol. The van der Waals surface area contributed by atoms with Crippen molar-refractivity contribution in [2.75, 3.05) is 0 Å². The van der Waals surface area contributed by atoms with E-state index in [9.17, 15) is 19.3 Å². The summed E-state index contributed by atoms with van der Waals surface area (Å²) in [5.74, 6) is -1.40. The van der Waals surface area contributed by atoms with Crippen LogP contribution in [0.2, 0.25) is 0 Å². The van der Waals surface area contributed by atoms with E-state index in [2.05, 4.69) is 10.4 Å². The molecular formula is C15H21N2O4P. The smallest absolute Gasteiger partial charge is 0.326 e. The van der Waals surface area contributed by atoms with Gasteiger partial charge in [-0.1, -0.05) is 44.2 Å². The molecule has 1 aromatic carbocycles. The quantitative estimate of drug-likeness (QED) is 0.604. The molecule has 2 unspecified atom stereocenters. The molecule has 1 aromatic rings. The molecule has 7 heteroatoms. The molecule has 0 aliphatic rings. The van der Waals surface area contributed by atoms with Gasteiger partial charge >= 0.3 is 5.97 Å². The maximum absolute atomic E-state index is 12.3. The largest absolute Gasteiger partial charge is 0.480 e. The Kier molecular flexibility index (Phi) is 7.71. The van der Waals surface area contributed by atoms with Crippen LogP contribution in [-0.2, 0) is 20.6 Å². The van der Waals surface area contributed by atoms with E-state index in [1.54, 1.807) is 0 Å². The topological polar surface area (TPSA) is 95.5 Å². The Morgan fingerprint density at radius 3 is 2.32 bits per heavy atom. The third-order valence-electron chi connectivity index (χ3n) is 3.13. The predicted octanol–water partition coefficient (Wildman–Crippen LogP) is 2.01.